The van der Waals surface area contributed by atoms with E-state index in [9.17, 15) is 9.59 Å². The molecular weight excluding hydrogens is 484 g/mol. The van der Waals surface area contributed by atoms with Crippen molar-refractivity contribution in [1.29, 1.82) is 0 Å². The normalized spacial score (nSPS) is 17.8. The Morgan fingerprint density at radius 1 is 1.11 bits per heavy atom. The number of pyridine rings is 1. The predicted molar refractivity (Wildman–Crippen MR) is 148 cm³/mol. The first-order valence-electron chi connectivity index (χ1n) is 13.9. The fraction of sp³-hybridized carbons (Fsp3) is 0.621. The van der Waals surface area contributed by atoms with Gasteiger partial charge in [-0.25, -0.2) is 4.98 Å². The number of carbonyl (C=O) groups excluding carboxylic acids is 2. The van der Waals surface area contributed by atoms with Crippen LogP contribution in [0.2, 0.25) is 0 Å². The van der Waals surface area contributed by atoms with Gasteiger partial charge < -0.3 is 28.9 Å². The Kier molecular flexibility index (Phi) is 9.31. The molecule has 208 valence electrons. The van der Waals surface area contributed by atoms with Gasteiger partial charge in [0.25, 0.3) is 0 Å². The van der Waals surface area contributed by atoms with Crippen molar-refractivity contribution in [2.45, 2.75) is 59.1 Å². The first-order chi connectivity index (χ1) is 18.4. The van der Waals surface area contributed by atoms with Crippen molar-refractivity contribution in [2.75, 3.05) is 58.5 Å². The van der Waals surface area contributed by atoms with Gasteiger partial charge in [-0.3, -0.25) is 9.59 Å². The van der Waals surface area contributed by atoms with E-state index in [1.54, 1.807) is 21.1 Å². The van der Waals surface area contributed by atoms with Crippen LogP contribution in [0.3, 0.4) is 0 Å². The fourth-order valence-electron chi connectivity index (χ4n) is 5.58. The summed E-state index contributed by atoms with van der Waals surface area (Å²) in [6, 6.07) is 5.85. The second kappa shape index (κ2) is 12.7. The van der Waals surface area contributed by atoms with E-state index in [0.29, 0.717) is 50.8 Å². The minimum absolute atomic E-state index is 0.0259. The molecule has 0 N–H and O–H groups in total. The number of aromatic nitrogens is 1. The molecule has 0 saturated carbocycles. The summed E-state index contributed by atoms with van der Waals surface area (Å²) in [5.41, 5.74) is 1.68. The maximum atomic E-state index is 13.7. The molecule has 4 rings (SSSR count). The zero-order chi connectivity index (χ0) is 27.2. The number of piperazine rings is 1. The molecule has 0 bridgehead atoms. The van der Waals surface area contributed by atoms with Crippen LogP contribution >= 0.6 is 0 Å². The molecule has 3 heterocycles. The summed E-state index contributed by atoms with van der Waals surface area (Å²) in [6.45, 7) is 10.1. The van der Waals surface area contributed by atoms with E-state index >= 15 is 0 Å². The zero-order valence-corrected chi connectivity index (χ0v) is 23.5. The van der Waals surface area contributed by atoms with Crippen LogP contribution in [-0.4, -0.2) is 86.3 Å². The lowest BCUT2D eigenvalue weighted by atomic mass is 10.0. The van der Waals surface area contributed by atoms with Crippen molar-refractivity contribution in [3.63, 3.8) is 0 Å². The van der Waals surface area contributed by atoms with Crippen LogP contribution in [0.5, 0.6) is 11.5 Å². The van der Waals surface area contributed by atoms with Gasteiger partial charge >= 0.3 is 0 Å². The summed E-state index contributed by atoms with van der Waals surface area (Å²) in [5.74, 6) is 2.42. The van der Waals surface area contributed by atoms with Gasteiger partial charge in [0.2, 0.25) is 11.8 Å². The number of ether oxygens (including phenoxy) is 3. The minimum Gasteiger partial charge on any atom is -0.496 e. The number of hydrogen-bond donors (Lipinski definition) is 0. The topological polar surface area (TPSA) is 84.4 Å². The predicted octanol–water partition coefficient (Wildman–Crippen LogP) is 3.86. The number of carbonyl (C=O) groups is 2. The lowest BCUT2D eigenvalue weighted by Gasteiger charge is -2.37. The van der Waals surface area contributed by atoms with Crippen molar-refractivity contribution >= 4 is 28.5 Å². The molecule has 2 fully saturated rings. The van der Waals surface area contributed by atoms with Gasteiger partial charge in [-0.2, -0.15) is 0 Å². The number of anilines is 1. The largest absolute Gasteiger partial charge is 0.496 e. The molecule has 2 saturated heterocycles. The second-order valence-corrected chi connectivity index (χ2v) is 10.2. The molecule has 1 aromatic heterocycles. The number of benzene rings is 1. The van der Waals surface area contributed by atoms with E-state index in [1.807, 2.05) is 21.9 Å². The summed E-state index contributed by atoms with van der Waals surface area (Å²) in [7, 11) is 3.29. The van der Waals surface area contributed by atoms with Gasteiger partial charge in [0.05, 0.1) is 20.3 Å². The molecule has 2 aliphatic heterocycles. The van der Waals surface area contributed by atoms with Gasteiger partial charge in [0.15, 0.2) is 0 Å². The molecule has 9 heteroatoms. The van der Waals surface area contributed by atoms with Crippen LogP contribution in [0.25, 0.3) is 10.9 Å². The highest BCUT2D eigenvalue weighted by Crippen LogP contribution is 2.36. The van der Waals surface area contributed by atoms with E-state index in [2.05, 4.69) is 24.8 Å². The number of rotatable bonds is 10. The Bertz CT molecular complexity index is 1120. The van der Waals surface area contributed by atoms with Crippen molar-refractivity contribution in [3.05, 3.63) is 23.8 Å². The summed E-state index contributed by atoms with van der Waals surface area (Å²) in [5, 5.41) is 0.847. The average molecular weight is 527 g/mol. The third-order valence-electron chi connectivity index (χ3n) is 7.88. The Hall–Kier alpha value is -3.07. The van der Waals surface area contributed by atoms with E-state index in [1.165, 1.54) is 0 Å². The molecule has 0 spiro atoms. The van der Waals surface area contributed by atoms with E-state index in [4.69, 9.17) is 19.2 Å². The third-order valence-corrected chi connectivity index (χ3v) is 7.88. The highest BCUT2D eigenvalue weighted by molar-refractivity contribution is 5.92. The molecule has 38 heavy (non-hydrogen) atoms. The second-order valence-electron chi connectivity index (χ2n) is 10.2. The lowest BCUT2D eigenvalue weighted by molar-refractivity contribution is -0.138. The van der Waals surface area contributed by atoms with Crippen molar-refractivity contribution in [1.82, 2.24) is 14.8 Å². The Balaban J connectivity index is 1.78. The maximum absolute atomic E-state index is 13.7. The standard InChI is InChI=1S/C29H42N4O5/c1-6-21(7-2)29(35)33(19-23-9-8-16-38-23)18-22-17-24-25(36-4)10-11-26(37-5)27(24)30-28(22)32-14-12-31(13-15-32)20(3)34/h10-11,17,21,23H,6-9,12-16,18-19H2,1-5H3. The number of fused-ring (bicyclic) bond motifs is 1. The summed E-state index contributed by atoms with van der Waals surface area (Å²) < 4.78 is 17.3. The zero-order valence-electron chi connectivity index (χ0n) is 23.5. The smallest absolute Gasteiger partial charge is 0.226 e. The van der Waals surface area contributed by atoms with Gasteiger partial charge in [-0.15, -0.1) is 0 Å². The van der Waals surface area contributed by atoms with Gasteiger partial charge in [-0.1, -0.05) is 13.8 Å². The number of amides is 2. The average Bonchev–Trinajstić information content (AvgIpc) is 3.45. The SMILES string of the molecule is CCC(CC)C(=O)N(Cc1cc2c(OC)ccc(OC)c2nc1N1CCN(C(C)=O)CC1)CC1CCCO1. The molecule has 1 atom stereocenters. The molecule has 9 nitrogen and oxygen atoms in total. The highest BCUT2D eigenvalue weighted by atomic mass is 16.5. The first kappa shape index (κ1) is 28.0. The van der Waals surface area contributed by atoms with Crippen LogP contribution in [0.4, 0.5) is 5.82 Å². The number of nitrogens with zero attached hydrogens (tertiary/aromatic N) is 4. The summed E-state index contributed by atoms with van der Waals surface area (Å²) in [4.78, 5) is 36.9. The Labute approximate surface area is 226 Å². The molecular formula is C29H42N4O5. The molecule has 1 aromatic carbocycles. The minimum atomic E-state index is -0.0259. The van der Waals surface area contributed by atoms with Crippen LogP contribution in [0.1, 0.15) is 52.0 Å². The van der Waals surface area contributed by atoms with E-state index in [0.717, 1.165) is 54.6 Å². The first-order valence-corrected chi connectivity index (χ1v) is 13.9. The molecule has 2 aromatic rings. The molecule has 2 aliphatic rings. The monoisotopic (exact) mass is 526 g/mol. The number of methoxy groups -OCH3 is 2. The summed E-state index contributed by atoms with van der Waals surface area (Å²) in [6.07, 6.45) is 3.65. The quantitative estimate of drug-likeness (QED) is 0.465. The van der Waals surface area contributed by atoms with Gasteiger partial charge in [0.1, 0.15) is 22.8 Å². The van der Waals surface area contributed by atoms with E-state index in [-0.39, 0.29) is 23.8 Å². The van der Waals surface area contributed by atoms with Crippen LogP contribution in [0, 0.1) is 5.92 Å². The molecule has 2 amide bonds. The Morgan fingerprint density at radius 2 is 1.79 bits per heavy atom. The highest BCUT2D eigenvalue weighted by Gasteiger charge is 2.29. The number of hydrogen-bond acceptors (Lipinski definition) is 7. The van der Waals surface area contributed by atoms with Crippen molar-refractivity contribution in [3.8, 4) is 11.5 Å². The van der Waals surface area contributed by atoms with Crippen LogP contribution < -0.4 is 14.4 Å². The van der Waals surface area contributed by atoms with Crippen molar-refractivity contribution in [2.24, 2.45) is 5.92 Å². The lowest BCUT2D eigenvalue weighted by Crippen LogP contribution is -2.49. The summed E-state index contributed by atoms with van der Waals surface area (Å²) >= 11 is 0. The molecule has 0 radical (unpaired) electrons. The molecule has 1 unspecified atom stereocenters. The third kappa shape index (κ3) is 5.98. The van der Waals surface area contributed by atoms with Gasteiger partial charge in [0, 0.05) is 69.7 Å². The van der Waals surface area contributed by atoms with E-state index < -0.39 is 0 Å². The molecule has 0 aliphatic carbocycles. The Morgan fingerprint density at radius 3 is 2.37 bits per heavy atom. The fourth-order valence-corrected chi connectivity index (χ4v) is 5.58. The maximum Gasteiger partial charge on any atom is 0.226 e. The van der Waals surface area contributed by atoms with Crippen molar-refractivity contribution < 1.29 is 23.8 Å². The van der Waals surface area contributed by atoms with Crippen LogP contribution in [0.15, 0.2) is 18.2 Å². The van der Waals surface area contributed by atoms with Crippen LogP contribution in [-0.2, 0) is 20.9 Å². The van der Waals surface area contributed by atoms with Gasteiger partial charge in [-0.05, 0) is 43.9 Å².